The lowest BCUT2D eigenvalue weighted by molar-refractivity contribution is -0.196. The predicted molar refractivity (Wildman–Crippen MR) is 125 cm³/mol. The largest absolute Gasteiger partial charge is 0.508 e. The molecule has 6 nitrogen and oxygen atoms in total. The number of aliphatic hydroxyl groups is 1. The topological polar surface area (TPSA) is 104 Å². The summed E-state index contributed by atoms with van der Waals surface area (Å²) in [5.41, 5.74) is -4.43. The fourth-order valence-electron chi connectivity index (χ4n) is 6.31. The number of phenols is 2. The summed E-state index contributed by atoms with van der Waals surface area (Å²) in [6, 6.07) is 2.25. The quantitative estimate of drug-likeness (QED) is 0.504. The third-order valence-electron chi connectivity index (χ3n) is 8.37. The molecular formula is C25H32Cl2O6. The maximum atomic E-state index is 14.1. The van der Waals surface area contributed by atoms with Crippen molar-refractivity contribution in [3.05, 3.63) is 23.3 Å². The van der Waals surface area contributed by atoms with Crippen molar-refractivity contribution in [3.8, 4) is 11.5 Å². The van der Waals surface area contributed by atoms with Gasteiger partial charge in [-0.3, -0.25) is 9.59 Å². The molecule has 1 heterocycles. The monoisotopic (exact) mass is 498 g/mol. The summed E-state index contributed by atoms with van der Waals surface area (Å²) in [6.45, 7) is 9.24. The number of halogens is 2. The van der Waals surface area contributed by atoms with Crippen LogP contribution < -0.4 is 0 Å². The van der Waals surface area contributed by atoms with Crippen LogP contribution in [0.25, 0.3) is 0 Å². The Labute approximate surface area is 204 Å². The summed E-state index contributed by atoms with van der Waals surface area (Å²) in [6.07, 6.45) is 1.33. The molecule has 1 saturated heterocycles. The number of benzene rings is 1. The molecule has 1 saturated carbocycles. The van der Waals surface area contributed by atoms with E-state index in [1.165, 1.54) is 6.07 Å². The van der Waals surface area contributed by atoms with Crippen molar-refractivity contribution in [1.29, 1.82) is 0 Å². The number of hydrogen-bond donors (Lipinski definition) is 3. The van der Waals surface area contributed by atoms with E-state index in [1.807, 2.05) is 13.8 Å². The molecule has 1 aliphatic heterocycles. The molecule has 4 rings (SSSR count). The summed E-state index contributed by atoms with van der Waals surface area (Å²) in [5, 5.41) is 31.1. The third-order valence-corrected chi connectivity index (χ3v) is 9.85. The first kappa shape index (κ1) is 24.8. The molecule has 6 unspecified atom stereocenters. The number of phenolic OH excluding ortho intramolecular Hbond substituents is 2. The minimum absolute atomic E-state index is 0.0638. The minimum Gasteiger partial charge on any atom is -0.508 e. The van der Waals surface area contributed by atoms with Crippen LogP contribution in [0.4, 0.5) is 0 Å². The molecule has 3 aliphatic rings. The lowest BCUT2D eigenvalue weighted by Crippen LogP contribution is -2.67. The van der Waals surface area contributed by atoms with Gasteiger partial charge in [0.05, 0.1) is 28.1 Å². The van der Waals surface area contributed by atoms with Crippen LogP contribution >= 0.6 is 23.2 Å². The molecule has 1 aromatic carbocycles. The van der Waals surface area contributed by atoms with Crippen LogP contribution in [-0.4, -0.2) is 54.4 Å². The number of carbonyl (C=O) groups is 2. The first-order valence-corrected chi connectivity index (χ1v) is 12.3. The average molecular weight is 499 g/mol. The molecule has 8 heteroatoms. The standard InChI is InChI=1S/C25H32Cl2O6/c1-22(2)16(24(5,32)7-6-17(22)26)11-25-14(10-18(27)23(3,4)33-25)20(30)19-13(21(25)31)8-12(28)9-15(19)29/h8-9,14,16-18,28-29,32H,6-7,10-11H2,1-5H3. The highest BCUT2D eigenvalue weighted by Crippen LogP contribution is 2.58. The Balaban J connectivity index is 1.93. The fourth-order valence-corrected chi connectivity index (χ4v) is 6.79. The second-order valence-electron chi connectivity index (χ2n) is 11.4. The van der Waals surface area contributed by atoms with E-state index in [4.69, 9.17) is 27.9 Å². The van der Waals surface area contributed by atoms with Crippen molar-refractivity contribution >= 4 is 34.8 Å². The van der Waals surface area contributed by atoms with E-state index in [9.17, 15) is 24.9 Å². The Bertz CT molecular complexity index is 1020. The molecule has 0 bridgehead atoms. The number of Topliss-reactive ketones (excluding diaryl/α,β-unsaturated/α-hetero) is 2. The third kappa shape index (κ3) is 3.60. The number of carbonyl (C=O) groups excluding carboxylic acids is 2. The SMILES string of the molecule is CC1(O)CCC(Cl)C(C)(C)C1CC12OC(C)(C)C(Cl)CC1C(=O)c1c(O)cc(O)cc1C2=O. The molecule has 0 spiro atoms. The molecule has 6 atom stereocenters. The molecule has 2 fully saturated rings. The van der Waals surface area contributed by atoms with E-state index in [2.05, 4.69) is 0 Å². The number of rotatable bonds is 2. The van der Waals surface area contributed by atoms with Gasteiger partial charge in [-0.15, -0.1) is 23.2 Å². The lowest BCUT2D eigenvalue weighted by Gasteiger charge is -2.58. The summed E-state index contributed by atoms with van der Waals surface area (Å²) in [7, 11) is 0. The van der Waals surface area contributed by atoms with Gasteiger partial charge in [0.15, 0.2) is 11.6 Å². The van der Waals surface area contributed by atoms with Gasteiger partial charge >= 0.3 is 0 Å². The predicted octanol–water partition coefficient (Wildman–Crippen LogP) is 4.82. The van der Waals surface area contributed by atoms with Crippen molar-refractivity contribution in [2.75, 3.05) is 0 Å². The van der Waals surface area contributed by atoms with Gasteiger partial charge in [0.25, 0.3) is 0 Å². The van der Waals surface area contributed by atoms with Crippen LogP contribution in [0, 0.1) is 17.3 Å². The highest BCUT2D eigenvalue weighted by molar-refractivity contribution is 6.24. The van der Waals surface area contributed by atoms with Gasteiger partial charge in [-0.05, 0) is 63.9 Å². The number of aromatic hydroxyl groups is 2. The van der Waals surface area contributed by atoms with Gasteiger partial charge in [0.1, 0.15) is 17.1 Å². The molecule has 182 valence electrons. The summed E-state index contributed by atoms with van der Waals surface area (Å²) in [5.74, 6) is -3.11. The van der Waals surface area contributed by atoms with E-state index in [0.29, 0.717) is 12.8 Å². The van der Waals surface area contributed by atoms with Gasteiger partial charge in [0, 0.05) is 17.0 Å². The van der Waals surface area contributed by atoms with Crippen molar-refractivity contribution in [3.63, 3.8) is 0 Å². The van der Waals surface area contributed by atoms with Crippen LogP contribution in [0.15, 0.2) is 12.1 Å². The van der Waals surface area contributed by atoms with Crippen molar-refractivity contribution < 1.29 is 29.6 Å². The van der Waals surface area contributed by atoms with Crippen LogP contribution in [-0.2, 0) is 4.74 Å². The Kier molecular flexibility index (Phi) is 5.69. The van der Waals surface area contributed by atoms with E-state index in [0.717, 1.165) is 6.07 Å². The van der Waals surface area contributed by atoms with Crippen LogP contribution in [0.3, 0.4) is 0 Å². The van der Waals surface area contributed by atoms with Crippen molar-refractivity contribution in [1.82, 2.24) is 0 Å². The van der Waals surface area contributed by atoms with Crippen molar-refractivity contribution in [2.45, 2.75) is 87.9 Å². The van der Waals surface area contributed by atoms with Crippen molar-refractivity contribution in [2.24, 2.45) is 17.3 Å². The van der Waals surface area contributed by atoms with Gasteiger partial charge in [-0.2, -0.15) is 0 Å². The average Bonchev–Trinajstić information content (AvgIpc) is 2.68. The highest BCUT2D eigenvalue weighted by Gasteiger charge is 2.65. The Morgan fingerprint density at radius 1 is 1.06 bits per heavy atom. The van der Waals surface area contributed by atoms with Gasteiger partial charge in [-0.1, -0.05) is 13.8 Å². The first-order valence-electron chi connectivity index (χ1n) is 11.4. The van der Waals surface area contributed by atoms with Gasteiger partial charge in [-0.25, -0.2) is 0 Å². The number of alkyl halides is 2. The number of ketones is 2. The zero-order valence-electron chi connectivity index (χ0n) is 19.6. The van der Waals surface area contributed by atoms with Crippen LogP contribution in [0.1, 0.15) is 81.0 Å². The Hall–Kier alpha value is -1.34. The molecule has 0 radical (unpaired) electrons. The number of ether oxygens (including phenoxy) is 1. The molecule has 2 aliphatic carbocycles. The molecule has 0 aromatic heterocycles. The maximum Gasteiger partial charge on any atom is 0.196 e. The van der Waals surface area contributed by atoms with Gasteiger partial charge in [0.2, 0.25) is 0 Å². The Morgan fingerprint density at radius 2 is 1.70 bits per heavy atom. The molecule has 1 aromatic rings. The van der Waals surface area contributed by atoms with E-state index in [1.54, 1.807) is 20.8 Å². The van der Waals surface area contributed by atoms with E-state index >= 15 is 0 Å². The smallest absolute Gasteiger partial charge is 0.196 e. The highest BCUT2D eigenvalue weighted by atomic mass is 35.5. The van der Waals surface area contributed by atoms with Crippen LogP contribution in [0.5, 0.6) is 11.5 Å². The maximum absolute atomic E-state index is 14.1. The summed E-state index contributed by atoms with van der Waals surface area (Å²) >= 11 is 13.3. The normalized spacial score (nSPS) is 39.6. The Morgan fingerprint density at radius 3 is 2.33 bits per heavy atom. The van der Waals surface area contributed by atoms with E-state index in [-0.39, 0.29) is 35.1 Å². The zero-order valence-corrected chi connectivity index (χ0v) is 21.1. The molecule has 33 heavy (non-hydrogen) atoms. The van der Waals surface area contributed by atoms with Crippen LogP contribution in [0.2, 0.25) is 0 Å². The number of hydrogen-bond acceptors (Lipinski definition) is 6. The summed E-state index contributed by atoms with van der Waals surface area (Å²) in [4.78, 5) is 27.8. The molecule has 0 amide bonds. The van der Waals surface area contributed by atoms with E-state index < -0.39 is 56.7 Å². The zero-order chi connectivity index (χ0) is 24.7. The first-order chi connectivity index (χ1) is 15.0. The molecular weight excluding hydrogens is 467 g/mol. The molecule has 3 N–H and O–H groups in total. The minimum atomic E-state index is -1.61. The van der Waals surface area contributed by atoms with Gasteiger partial charge < -0.3 is 20.1 Å². The summed E-state index contributed by atoms with van der Waals surface area (Å²) < 4.78 is 6.50. The number of fused-ring (bicyclic) bond motifs is 2. The second-order valence-corrected chi connectivity index (χ2v) is 12.4. The second kappa shape index (κ2) is 7.58. The fraction of sp³-hybridized carbons (Fsp3) is 0.680. The lowest BCUT2D eigenvalue weighted by atomic mass is 9.54.